The largest absolute Gasteiger partial charge is 0.445 e. The van der Waals surface area contributed by atoms with Crippen LogP contribution in [0.25, 0.3) is 0 Å². The standard InChI is InChI=1S/C24H29N3O3/c28-23(27(21-13-6-2-7-14-21)25-16-8-3-9-17-25)22-15-10-18-26(22)24(29)30-19-20-11-4-1-5-12-20/h1-2,4-7,11-14,22H,3,8-10,15-19H2. The van der Waals surface area contributed by atoms with Crippen molar-refractivity contribution in [2.24, 2.45) is 0 Å². The smallest absolute Gasteiger partial charge is 0.410 e. The molecule has 158 valence electrons. The van der Waals surface area contributed by atoms with Gasteiger partial charge in [-0.25, -0.2) is 14.8 Å². The maximum Gasteiger partial charge on any atom is 0.410 e. The molecule has 30 heavy (non-hydrogen) atoms. The number of nitrogens with zero attached hydrogens (tertiary/aromatic N) is 3. The van der Waals surface area contributed by atoms with Crippen LogP contribution in [0.4, 0.5) is 10.5 Å². The van der Waals surface area contributed by atoms with Gasteiger partial charge in [0.05, 0.1) is 5.69 Å². The number of hydrogen-bond acceptors (Lipinski definition) is 4. The van der Waals surface area contributed by atoms with Crippen molar-refractivity contribution in [3.05, 3.63) is 66.2 Å². The molecule has 0 bridgehead atoms. The molecule has 2 aromatic rings. The first-order chi connectivity index (χ1) is 14.7. The van der Waals surface area contributed by atoms with Gasteiger partial charge in [-0.05, 0) is 43.4 Å². The first-order valence-electron chi connectivity index (χ1n) is 10.9. The summed E-state index contributed by atoms with van der Waals surface area (Å²) in [4.78, 5) is 28.1. The number of rotatable bonds is 5. The third-order valence-electron chi connectivity index (χ3n) is 5.80. The van der Waals surface area contributed by atoms with Crippen molar-refractivity contribution in [3.8, 4) is 0 Å². The van der Waals surface area contributed by atoms with Gasteiger partial charge in [0.25, 0.3) is 5.91 Å². The third-order valence-corrected chi connectivity index (χ3v) is 5.80. The highest BCUT2D eigenvalue weighted by molar-refractivity contribution is 5.98. The first kappa shape index (κ1) is 20.4. The Bertz CT molecular complexity index is 837. The molecule has 4 rings (SSSR count). The SMILES string of the molecule is O=C(OCc1ccccc1)N1CCCC1C(=O)N(c1ccccc1)N1CCCCC1. The Labute approximate surface area is 178 Å². The Kier molecular flexibility index (Phi) is 6.64. The first-order valence-corrected chi connectivity index (χ1v) is 10.9. The van der Waals surface area contributed by atoms with Crippen LogP contribution >= 0.6 is 0 Å². The highest BCUT2D eigenvalue weighted by Crippen LogP contribution is 2.26. The van der Waals surface area contributed by atoms with Gasteiger partial charge in [-0.1, -0.05) is 55.0 Å². The van der Waals surface area contributed by atoms with Crippen LogP contribution in [0.5, 0.6) is 0 Å². The molecule has 2 aliphatic heterocycles. The summed E-state index contributed by atoms with van der Waals surface area (Å²) in [6.07, 6.45) is 4.39. The Morgan fingerprint density at radius 2 is 1.53 bits per heavy atom. The number of piperidine rings is 1. The average Bonchev–Trinajstić information content (AvgIpc) is 3.30. The molecule has 0 saturated carbocycles. The quantitative estimate of drug-likeness (QED) is 0.745. The zero-order valence-corrected chi connectivity index (χ0v) is 17.3. The number of amides is 2. The molecule has 1 unspecified atom stereocenters. The summed E-state index contributed by atoms with van der Waals surface area (Å²) < 4.78 is 5.53. The average molecular weight is 408 g/mol. The van der Waals surface area contributed by atoms with Gasteiger partial charge in [-0.15, -0.1) is 0 Å². The van der Waals surface area contributed by atoms with Crippen LogP contribution in [0.1, 0.15) is 37.7 Å². The summed E-state index contributed by atoms with van der Waals surface area (Å²) in [5.41, 5.74) is 1.79. The summed E-state index contributed by atoms with van der Waals surface area (Å²) in [5, 5.41) is 3.93. The van der Waals surface area contributed by atoms with Crippen LogP contribution in [0.3, 0.4) is 0 Å². The summed E-state index contributed by atoms with van der Waals surface area (Å²) in [6.45, 7) is 2.47. The highest BCUT2D eigenvalue weighted by atomic mass is 16.6. The van der Waals surface area contributed by atoms with E-state index in [1.807, 2.05) is 60.7 Å². The second kappa shape index (κ2) is 9.76. The van der Waals surface area contributed by atoms with Gasteiger partial charge >= 0.3 is 6.09 Å². The molecule has 2 amide bonds. The number of anilines is 1. The lowest BCUT2D eigenvalue weighted by atomic mass is 10.1. The van der Waals surface area contributed by atoms with Crippen molar-refractivity contribution in [2.75, 3.05) is 24.6 Å². The predicted octanol–water partition coefficient (Wildman–Crippen LogP) is 4.22. The normalized spacial score (nSPS) is 19.5. The number of carbonyl (C=O) groups excluding carboxylic acids is 2. The lowest BCUT2D eigenvalue weighted by Gasteiger charge is -2.39. The zero-order chi connectivity index (χ0) is 20.8. The molecule has 0 aliphatic carbocycles. The summed E-state index contributed by atoms with van der Waals surface area (Å²) >= 11 is 0. The third kappa shape index (κ3) is 4.65. The lowest BCUT2D eigenvalue weighted by Crippen LogP contribution is -2.55. The second-order valence-electron chi connectivity index (χ2n) is 7.89. The molecule has 2 saturated heterocycles. The molecule has 2 aromatic carbocycles. The van der Waals surface area contributed by atoms with Gasteiger partial charge in [0.2, 0.25) is 0 Å². The number of para-hydroxylation sites is 1. The maximum atomic E-state index is 13.7. The zero-order valence-electron chi connectivity index (χ0n) is 17.3. The van der Waals surface area contributed by atoms with E-state index < -0.39 is 12.1 Å². The van der Waals surface area contributed by atoms with Gasteiger partial charge in [-0.3, -0.25) is 9.69 Å². The fourth-order valence-electron chi connectivity index (χ4n) is 4.26. The minimum atomic E-state index is -0.490. The van der Waals surface area contributed by atoms with E-state index in [2.05, 4.69) is 5.01 Å². The highest BCUT2D eigenvalue weighted by Gasteiger charge is 2.39. The Hall–Kier alpha value is -2.86. The van der Waals surface area contributed by atoms with Gasteiger partial charge in [0.1, 0.15) is 12.6 Å². The van der Waals surface area contributed by atoms with E-state index in [-0.39, 0.29) is 12.5 Å². The Morgan fingerprint density at radius 1 is 0.867 bits per heavy atom. The molecule has 0 radical (unpaired) electrons. The molecule has 2 fully saturated rings. The summed E-state index contributed by atoms with van der Waals surface area (Å²) in [6, 6.07) is 18.9. The maximum absolute atomic E-state index is 13.7. The van der Waals surface area contributed by atoms with Crippen molar-refractivity contribution in [1.29, 1.82) is 0 Å². The Balaban J connectivity index is 1.49. The van der Waals surface area contributed by atoms with E-state index in [4.69, 9.17) is 4.74 Å². The van der Waals surface area contributed by atoms with Crippen LogP contribution in [0.15, 0.2) is 60.7 Å². The minimum absolute atomic E-state index is 0.0442. The van der Waals surface area contributed by atoms with Crippen molar-refractivity contribution >= 4 is 17.7 Å². The fraction of sp³-hybridized carbons (Fsp3) is 0.417. The van der Waals surface area contributed by atoms with Gasteiger partial charge in [0.15, 0.2) is 0 Å². The topological polar surface area (TPSA) is 53.1 Å². The van der Waals surface area contributed by atoms with E-state index in [0.29, 0.717) is 13.0 Å². The van der Waals surface area contributed by atoms with E-state index in [0.717, 1.165) is 43.6 Å². The van der Waals surface area contributed by atoms with Gasteiger partial charge < -0.3 is 4.74 Å². The number of carbonyl (C=O) groups is 2. The minimum Gasteiger partial charge on any atom is -0.445 e. The molecule has 2 heterocycles. The van der Waals surface area contributed by atoms with Crippen LogP contribution in [0.2, 0.25) is 0 Å². The second-order valence-corrected chi connectivity index (χ2v) is 7.89. The van der Waals surface area contributed by atoms with Crippen LogP contribution in [0, 0.1) is 0 Å². The molecule has 0 N–H and O–H groups in total. The molecular weight excluding hydrogens is 378 g/mol. The van der Waals surface area contributed by atoms with E-state index >= 15 is 0 Å². The van der Waals surface area contributed by atoms with Crippen LogP contribution in [-0.4, -0.2) is 47.6 Å². The molecule has 0 spiro atoms. The number of benzene rings is 2. The van der Waals surface area contributed by atoms with Crippen LogP contribution in [-0.2, 0) is 16.1 Å². The number of ether oxygens (including phenoxy) is 1. The number of likely N-dealkylation sites (tertiary alicyclic amines) is 1. The summed E-state index contributed by atoms with van der Waals surface area (Å²) in [5.74, 6) is -0.0442. The fourth-order valence-corrected chi connectivity index (χ4v) is 4.26. The monoisotopic (exact) mass is 407 g/mol. The molecule has 2 aliphatic rings. The van der Waals surface area contributed by atoms with E-state index in [1.165, 1.54) is 6.42 Å². The molecular formula is C24H29N3O3. The number of hydrogen-bond donors (Lipinski definition) is 0. The predicted molar refractivity (Wildman–Crippen MR) is 116 cm³/mol. The Morgan fingerprint density at radius 3 is 2.23 bits per heavy atom. The van der Waals surface area contributed by atoms with Crippen molar-refractivity contribution in [3.63, 3.8) is 0 Å². The van der Waals surface area contributed by atoms with Gasteiger partial charge in [-0.2, -0.15) is 0 Å². The molecule has 6 nitrogen and oxygen atoms in total. The summed E-state index contributed by atoms with van der Waals surface area (Å²) in [7, 11) is 0. The van der Waals surface area contributed by atoms with Crippen molar-refractivity contribution in [1.82, 2.24) is 9.91 Å². The molecule has 6 heteroatoms. The van der Waals surface area contributed by atoms with E-state index in [9.17, 15) is 9.59 Å². The van der Waals surface area contributed by atoms with E-state index in [1.54, 1.807) is 9.91 Å². The van der Waals surface area contributed by atoms with Crippen molar-refractivity contribution in [2.45, 2.75) is 44.8 Å². The van der Waals surface area contributed by atoms with Gasteiger partial charge in [0, 0.05) is 19.6 Å². The lowest BCUT2D eigenvalue weighted by molar-refractivity contribution is -0.126. The number of hydrazine groups is 1. The molecule has 0 aromatic heterocycles. The molecule has 1 atom stereocenters. The van der Waals surface area contributed by atoms with Crippen LogP contribution < -0.4 is 5.01 Å². The van der Waals surface area contributed by atoms with Crippen molar-refractivity contribution < 1.29 is 14.3 Å².